The maximum absolute atomic E-state index is 4.70. The molecule has 0 atom stereocenters. The van der Waals surface area contributed by atoms with Crippen molar-refractivity contribution in [2.24, 2.45) is 5.41 Å². The normalized spacial score (nSPS) is 18.6. The lowest BCUT2D eigenvalue weighted by molar-refractivity contribution is 0.222. The summed E-state index contributed by atoms with van der Waals surface area (Å²) in [5, 5.41) is 3.35. The van der Waals surface area contributed by atoms with Crippen molar-refractivity contribution in [3.63, 3.8) is 0 Å². The van der Waals surface area contributed by atoms with Gasteiger partial charge in [0, 0.05) is 25.2 Å². The van der Waals surface area contributed by atoms with Crippen LogP contribution in [0.25, 0.3) is 0 Å². The summed E-state index contributed by atoms with van der Waals surface area (Å²) in [4.78, 5) is 11.6. The fourth-order valence-corrected chi connectivity index (χ4v) is 3.24. The molecule has 0 amide bonds. The number of rotatable bonds is 4. The Morgan fingerprint density at radius 3 is 2.38 bits per heavy atom. The first-order chi connectivity index (χ1) is 9.84. The molecule has 0 bridgehead atoms. The number of hydrogen-bond acceptors (Lipinski definition) is 4. The third-order valence-electron chi connectivity index (χ3n) is 4.77. The van der Waals surface area contributed by atoms with Gasteiger partial charge in [-0.15, -0.1) is 0 Å². The number of anilines is 2. The summed E-state index contributed by atoms with van der Waals surface area (Å²) in [5.74, 6) is 2.90. The second kappa shape index (κ2) is 6.20. The molecular weight excluding hydrogens is 260 g/mol. The van der Waals surface area contributed by atoms with Crippen molar-refractivity contribution in [2.75, 3.05) is 23.8 Å². The van der Waals surface area contributed by atoms with Gasteiger partial charge in [0.25, 0.3) is 0 Å². The lowest BCUT2D eigenvalue weighted by atomic mass is 9.75. The summed E-state index contributed by atoms with van der Waals surface area (Å²) in [6, 6.07) is 0.598. The zero-order valence-corrected chi connectivity index (χ0v) is 14.5. The molecule has 0 aromatic carbocycles. The quantitative estimate of drug-likeness (QED) is 0.912. The monoisotopic (exact) mass is 290 g/mol. The summed E-state index contributed by atoms with van der Waals surface area (Å²) in [7, 11) is 2.19. The average molecular weight is 290 g/mol. The predicted molar refractivity (Wildman–Crippen MR) is 90.1 cm³/mol. The summed E-state index contributed by atoms with van der Waals surface area (Å²) >= 11 is 0. The third kappa shape index (κ3) is 3.66. The van der Waals surface area contributed by atoms with Gasteiger partial charge in [-0.2, -0.15) is 0 Å². The molecule has 1 aliphatic carbocycles. The number of nitrogens with one attached hydrogen (secondary N) is 1. The van der Waals surface area contributed by atoms with E-state index in [0.29, 0.717) is 11.5 Å². The highest BCUT2D eigenvalue weighted by atomic mass is 15.2. The van der Waals surface area contributed by atoms with Crippen molar-refractivity contribution in [2.45, 2.75) is 66.3 Å². The van der Waals surface area contributed by atoms with Crippen LogP contribution in [0.15, 0.2) is 0 Å². The number of hydrogen-bond donors (Lipinski definition) is 1. The Balaban J connectivity index is 2.21. The predicted octanol–water partition coefficient (Wildman–Crippen LogP) is 3.93. The molecule has 1 aromatic heterocycles. The molecule has 4 nitrogen and oxygen atoms in total. The first kappa shape index (κ1) is 16.1. The Morgan fingerprint density at radius 1 is 1.19 bits per heavy atom. The van der Waals surface area contributed by atoms with Gasteiger partial charge in [0.2, 0.25) is 0 Å². The van der Waals surface area contributed by atoms with Crippen LogP contribution in [0.5, 0.6) is 0 Å². The van der Waals surface area contributed by atoms with Gasteiger partial charge in [0.15, 0.2) is 0 Å². The molecule has 1 aromatic rings. The fraction of sp³-hybridized carbons (Fsp3) is 0.765. The van der Waals surface area contributed by atoms with Crippen LogP contribution in [0.3, 0.4) is 0 Å². The smallest absolute Gasteiger partial charge is 0.137 e. The highest BCUT2D eigenvalue weighted by molar-refractivity contribution is 5.58. The van der Waals surface area contributed by atoms with Crippen LogP contribution < -0.4 is 10.2 Å². The maximum atomic E-state index is 4.70. The molecule has 1 aliphatic rings. The van der Waals surface area contributed by atoms with Crippen molar-refractivity contribution in [3.05, 3.63) is 11.4 Å². The molecule has 1 saturated carbocycles. The molecule has 118 valence electrons. The first-order valence-electron chi connectivity index (χ1n) is 8.16. The van der Waals surface area contributed by atoms with Gasteiger partial charge in [-0.25, -0.2) is 9.97 Å². The van der Waals surface area contributed by atoms with Crippen molar-refractivity contribution in [1.29, 1.82) is 0 Å². The lowest BCUT2D eigenvalue weighted by Gasteiger charge is -2.39. The van der Waals surface area contributed by atoms with Crippen molar-refractivity contribution in [3.8, 4) is 0 Å². The van der Waals surface area contributed by atoms with E-state index in [1.54, 1.807) is 0 Å². The van der Waals surface area contributed by atoms with Gasteiger partial charge >= 0.3 is 0 Å². The SMILES string of the molecule is CCNc1nc(C)nc(N(C)C2CCC(C)(C)CC2)c1C. The lowest BCUT2D eigenvalue weighted by Crippen LogP contribution is -2.38. The van der Waals surface area contributed by atoms with E-state index in [4.69, 9.17) is 4.98 Å². The van der Waals surface area contributed by atoms with Gasteiger partial charge in [-0.1, -0.05) is 13.8 Å². The minimum Gasteiger partial charge on any atom is -0.370 e. The first-order valence-corrected chi connectivity index (χ1v) is 8.16. The standard InChI is InChI=1S/C17H30N4/c1-7-18-15-12(2)16(20-13(3)19-15)21(6)14-8-10-17(4,5)11-9-14/h14H,7-11H2,1-6H3,(H,18,19,20). The largest absolute Gasteiger partial charge is 0.370 e. The van der Waals surface area contributed by atoms with Crippen LogP contribution in [0.4, 0.5) is 11.6 Å². The number of aryl methyl sites for hydroxylation is 1. The Labute approximate surface area is 129 Å². The molecule has 0 unspecified atom stereocenters. The van der Waals surface area contributed by atoms with E-state index in [0.717, 1.165) is 29.6 Å². The third-order valence-corrected chi connectivity index (χ3v) is 4.77. The molecule has 0 aliphatic heterocycles. The average Bonchev–Trinajstić information content (AvgIpc) is 2.42. The molecule has 0 spiro atoms. The van der Waals surface area contributed by atoms with Crippen LogP contribution in [0.1, 0.15) is 57.8 Å². The molecule has 0 radical (unpaired) electrons. The fourth-order valence-electron chi connectivity index (χ4n) is 3.24. The minimum atomic E-state index is 0.503. The Hall–Kier alpha value is -1.32. The Bertz CT molecular complexity index is 486. The zero-order chi connectivity index (χ0) is 15.6. The van der Waals surface area contributed by atoms with E-state index in [1.807, 2.05) is 6.92 Å². The van der Waals surface area contributed by atoms with Crippen LogP contribution in [0.2, 0.25) is 0 Å². The summed E-state index contributed by atoms with van der Waals surface area (Å²) in [6.07, 6.45) is 5.10. The molecule has 1 fully saturated rings. The Kier molecular flexibility index (Phi) is 4.74. The Morgan fingerprint density at radius 2 is 1.81 bits per heavy atom. The second-order valence-corrected chi connectivity index (χ2v) is 7.10. The zero-order valence-electron chi connectivity index (χ0n) is 14.5. The van der Waals surface area contributed by atoms with Gasteiger partial charge in [-0.05, 0) is 51.9 Å². The van der Waals surface area contributed by atoms with E-state index in [-0.39, 0.29) is 0 Å². The van der Waals surface area contributed by atoms with E-state index >= 15 is 0 Å². The summed E-state index contributed by atoms with van der Waals surface area (Å²) in [5.41, 5.74) is 1.66. The molecule has 21 heavy (non-hydrogen) atoms. The highest BCUT2D eigenvalue weighted by Gasteiger charge is 2.30. The molecule has 4 heteroatoms. The summed E-state index contributed by atoms with van der Waals surface area (Å²) in [6.45, 7) is 11.8. The van der Waals surface area contributed by atoms with E-state index in [2.05, 4.69) is 49.9 Å². The van der Waals surface area contributed by atoms with E-state index in [9.17, 15) is 0 Å². The van der Waals surface area contributed by atoms with E-state index < -0.39 is 0 Å². The van der Waals surface area contributed by atoms with Gasteiger partial charge < -0.3 is 10.2 Å². The van der Waals surface area contributed by atoms with Gasteiger partial charge in [0.05, 0.1) is 0 Å². The van der Waals surface area contributed by atoms with Crippen molar-refractivity contribution >= 4 is 11.6 Å². The van der Waals surface area contributed by atoms with E-state index in [1.165, 1.54) is 25.7 Å². The summed E-state index contributed by atoms with van der Waals surface area (Å²) < 4.78 is 0. The van der Waals surface area contributed by atoms with Crippen LogP contribution in [-0.2, 0) is 0 Å². The topological polar surface area (TPSA) is 41.1 Å². The molecule has 0 saturated heterocycles. The number of nitrogens with zero attached hydrogens (tertiary/aromatic N) is 3. The van der Waals surface area contributed by atoms with Crippen LogP contribution in [0, 0.1) is 19.3 Å². The van der Waals surface area contributed by atoms with Gasteiger partial charge in [-0.3, -0.25) is 0 Å². The highest BCUT2D eigenvalue weighted by Crippen LogP contribution is 2.38. The molecule has 1 heterocycles. The second-order valence-electron chi connectivity index (χ2n) is 7.10. The molecular formula is C17H30N4. The minimum absolute atomic E-state index is 0.503. The molecule has 2 rings (SSSR count). The maximum Gasteiger partial charge on any atom is 0.137 e. The van der Waals surface area contributed by atoms with Crippen molar-refractivity contribution in [1.82, 2.24) is 9.97 Å². The molecule has 1 N–H and O–H groups in total. The van der Waals surface area contributed by atoms with Crippen molar-refractivity contribution < 1.29 is 0 Å². The van der Waals surface area contributed by atoms with Gasteiger partial charge in [0.1, 0.15) is 17.5 Å². The number of aromatic nitrogens is 2. The van der Waals surface area contributed by atoms with Crippen LogP contribution >= 0.6 is 0 Å². The van der Waals surface area contributed by atoms with Crippen LogP contribution in [-0.4, -0.2) is 29.6 Å².